The molecule has 1 heterocycles. The Kier molecular flexibility index (Phi) is 4.79. The molecule has 0 N–H and O–H groups in total. The lowest BCUT2D eigenvalue weighted by atomic mass is 10.0. The van der Waals surface area contributed by atoms with E-state index in [9.17, 15) is 4.79 Å². The van der Waals surface area contributed by atoms with Gasteiger partial charge in [-0.15, -0.1) is 0 Å². The molecule has 1 aliphatic rings. The minimum atomic E-state index is 0.173. The average Bonchev–Trinajstić information content (AvgIpc) is 2.54. The first-order chi connectivity index (χ1) is 8.65. The molecule has 2 rings (SSSR count). The number of benzene rings is 1. The summed E-state index contributed by atoms with van der Waals surface area (Å²) in [6.45, 7) is 4.89. The summed E-state index contributed by atoms with van der Waals surface area (Å²) in [4.78, 5) is 14.4. The highest BCUT2D eigenvalue weighted by molar-refractivity contribution is 6.31. The van der Waals surface area contributed by atoms with Crippen molar-refractivity contribution in [1.29, 1.82) is 0 Å². The quantitative estimate of drug-likeness (QED) is 0.778. The van der Waals surface area contributed by atoms with Gasteiger partial charge in [-0.25, -0.2) is 0 Å². The summed E-state index contributed by atoms with van der Waals surface area (Å²) in [5.74, 6) is 0.961. The zero-order valence-electron chi connectivity index (χ0n) is 10.9. The number of ketones is 1. The molecule has 98 valence electrons. The summed E-state index contributed by atoms with van der Waals surface area (Å²) >= 11 is 5.91. The Morgan fingerprint density at radius 3 is 3.00 bits per heavy atom. The molecule has 1 saturated heterocycles. The van der Waals surface area contributed by atoms with Crippen LogP contribution < -0.4 is 0 Å². The van der Waals surface area contributed by atoms with E-state index in [2.05, 4.69) is 11.8 Å². The average molecular weight is 266 g/mol. The van der Waals surface area contributed by atoms with Gasteiger partial charge in [-0.1, -0.05) is 30.7 Å². The second-order valence-electron chi connectivity index (χ2n) is 5.25. The van der Waals surface area contributed by atoms with E-state index in [4.69, 9.17) is 11.6 Å². The van der Waals surface area contributed by atoms with Crippen molar-refractivity contribution in [1.82, 2.24) is 4.90 Å². The smallest absolute Gasteiger partial charge is 0.176 e. The maximum Gasteiger partial charge on any atom is 0.176 e. The summed E-state index contributed by atoms with van der Waals surface area (Å²) in [6.07, 6.45) is 3.68. The Hall–Kier alpha value is -0.860. The molecule has 0 bridgehead atoms. The van der Waals surface area contributed by atoms with Gasteiger partial charge in [-0.3, -0.25) is 9.69 Å². The fraction of sp³-hybridized carbons (Fsp3) is 0.533. The van der Waals surface area contributed by atoms with Crippen LogP contribution in [-0.2, 0) is 0 Å². The van der Waals surface area contributed by atoms with Gasteiger partial charge in [0.1, 0.15) is 0 Å². The number of hydrogen-bond donors (Lipinski definition) is 0. The SMILES string of the molecule is CC1CCCN(CC(=O)c2cccc(Cl)c2)CC1. The molecule has 0 amide bonds. The summed E-state index contributed by atoms with van der Waals surface area (Å²) in [6, 6.07) is 7.23. The van der Waals surface area contributed by atoms with E-state index in [0.29, 0.717) is 11.6 Å². The fourth-order valence-electron chi connectivity index (χ4n) is 2.44. The predicted molar refractivity (Wildman–Crippen MR) is 75.2 cm³/mol. The van der Waals surface area contributed by atoms with Crippen LogP contribution in [0.15, 0.2) is 24.3 Å². The molecule has 3 heteroatoms. The normalized spacial score (nSPS) is 21.6. The Morgan fingerprint density at radius 1 is 1.39 bits per heavy atom. The van der Waals surface area contributed by atoms with Crippen molar-refractivity contribution in [3.8, 4) is 0 Å². The van der Waals surface area contributed by atoms with Gasteiger partial charge < -0.3 is 0 Å². The highest BCUT2D eigenvalue weighted by Gasteiger charge is 2.17. The molecular weight excluding hydrogens is 246 g/mol. The third-order valence-electron chi connectivity index (χ3n) is 3.62. The highest BCUT2D eigenvalue weighted by Crippen LogP contribution is 2.17. The zero-order chi connectivity index (χ0) is 13.0. The van der Waals surface area contributed by atoms with Crippen molar-refractivity contribution in [3.63, 3.8) is 0 Å². The first-order valence-corrected chi connectivity index (χ1v) is 7.04. The topological polar surface area (TPSA) is 20.3 Å². The van der Waals surface area contributed by atoms with E-state index in [-0.39, 0.29) is 5.78 Å². The summed E-state index contributed by atoms with van der Waals surface area (Å²) < 4.78 is 0. The number of nitrogens with zero attached hydrogens (tertiary/aromatic N) is 1. The number of likely N-dealkylation sites (tertiary alicyclic amines) is 1. The molecule has 0 spiro atoms. The van der Waals surface area contributed by atoms with E-state index in [1.54, 1.807) is 12.1 Å². The zero-order valence-corrected chi connectivity index (χ0v) is 11.6. The molecule has 0 aromatic heterocycles. The van der Waals surface area contributed by atoms with Crippen molar-refractivity contribution in [2.24, 2.45) is 5.92 Å². The van der Waals surface area contributed by atoms with Gasteiger partial charge >= 0.3 is 0 Å². The van der Waals surface area contributed by atoms with Crippen molar-refractivity contribution in [3.05, 3.63) is 34.9 Å². The third-order valence-corrected chi connectivity index (χ3v) is 3.86. The van der Waals surface area contributed by atoms with Gasteiger partial charge in [0.2, 0.25) is 0 Å². The summed E-state index contributed by atoms with van der Waals surface area (Å²) in [5, 5.41) is 0.630. The van der Waals surface area contributed by atoms with Crippen LogP contribution >= 0.6 is 11.6 Å². The minimum Gasteiger partial charge on any atom is -0.296 e. The lowest BCUT2D eigenvalue weighted by molar-refractivity contribution is 0.0932. The van der Waals surface area contributed by atoms with Crippen LogP contribution in [0, 0.1) is 5.92 Å². The lowest BCUT2D eigenvalue weighted by Gasteiger charge is -2.18. The standard InChI is InChI=1S/C15H20ClNO/c1-12-4-3-8-17(9-7-12)11-15(18)13-5-2-6-14(16)10-13/h2,5-6,10,12H,3-4,7-9,11H2,1H3. The van der Waals surface area contributed by atoms with Gasteiger partial charge in [0.25, 0.3) is 0 Å². The molecular formula is C15H20ClNO. The van der Waals surface area contributed by atoms with Crippen molar-refractivity contribution >= 4 is 17.4 Å². The van der Waals surface area contributed by atoms with Crippen LogP contribution in [0.3, 0.4) is 0 Å². The molecule has 1 aliphatic heterocycles. The molecule has 1 atom stereocenters. The molecule has 1 unspecified atom stereocenters. The molecule has 1 fully saturated rings. The van der Waals surface area contributed by atoms with Gasteiger partial charge in [0.15, 0.2) is 5.78 Å². The molecule has 0 saturated carbocycles. The number of Topliss-reactive ketones (excluding diaryl/α,β-unsaturated/α-hetero) is 1. The molecule has 18 heavy (non-hydrogen) atoms. The number of carbonyl (C=O) groups is 1. The fourth-order valence-corrected chi connectivity index (χ4v) is 2.63. The second kappa shape index (κ2) is 6.35. The van der Waals surface area contributed by atoms with Crippen molar-refractivity contribution < 1.29 is 4.79 Å². The van der Waals surface area contributed by atoms with Crippen LogP contribution in [0.1, 0.15) is 36.5 Å². The Labute approximate surface area is 114 Å². The second-order valence-corrected chi connectivity index (χ2v) is 5.68. The minimum absolute atomic E-state index is 0.173. The van der Waals surface area contributed by atoms with Crippen LogP contribution in [0.5, 0.6) is 0 Å². The summed E-state index contributed by atoms with van der Waals surface area (Å²) in [5.41, 5.74) is 0.722. The van der Waals surface area contributed by atoms with Crippen molar-refractivity contribution in [2.75, 3.05) is 19.6 Å². The van der Waals surface area contributed by atoms with Crippen LogP contribution in [0.2, 0.25) is 5.02 Å². The van der Waals surface area contributed by atoms with Crippen LogP contribution in [-0.4, -0.2) is 30.3 Å². The van der Waals surface area contributed by atoms with E-state index in [0.717, 1.165) is 24.6 Å². The maximum atomic E-state index is 12.2. The van der Waals surface area contributed by atoms with Gasteiger partial charge in [-0.05, 0) is 50.4 Å². The van der Waals surface area contributed by atoms with Gasteiger partial charge in [-0.2, -0.15) is 0 Å². The Morgan fingerprint density at radius 2 is 2.22 bits per heavy atom. The maximum absolute atomic E-state index is 12.2. The molecule has 1 aromatic carbocycles. The Bertz CT molecular complexity index is 419. The monoisotopic (exact) mass is 265 g/mol. The van der Waals surface area contributed by atoms with E-state index >= 15 is 0 Å². The number of rotatable bonds is 3. The van der Waals surface area contributed by atoms with Gasteiger partial charge in [0, 0.05) is 10.6 Å². The van der Waals surface area contributed by atoms with E-state index < -0.39 is 0 Å². The Balaban J connectivity index is 1.94. The number of hydrogen-bond acceptors (Lipinski definition) is 2. The third kappa shape index (κ3) is 3.82. The molecule has 2 nitrogen and oxygen atoms in total. The number of carbonyl (C=O) groups excluding carboxylic acids is 1. The highest BCUT2D eigenvalue weighted by atomic mass is 35.5. The van der Waals surface area contributed by atoms with Gasteiger partial charge in [0.05, 0.1) is 6.54 Å². The molecule has 0 radical (unpaired) electrons. The first-order valence-electron chi connectivity index (χ1n) is 6.66. The van der Waals surface area contributed by atoms with Crippen LogP contribution in [0.4, 0.5) is 0 Å². The molecule has 0 aliphatic carbocycles. The lowest BCUT2D eigenvalue weighted by Crippen LogP contribution is -2.30. The first kappa shape index (κ1) is 13.6. The largest absolute Gasteiger partial charge is 0.296 e. The predicted octanol–water partition coefficient (Wildman–Crippen LogP) is 3.64. The van der Waals surface area contributed by atoms with Crippen molar-refractivity contribution in [2.45, 2.75) is 26.2 Å². The summed E-state index contributed by atoms with van der Waals surface area (Å²) in [7, 11) is 0. The molecule has 1 aromatic rings. The van der Waals surface area contributed by atoms with E-state index in [1.807, 2.05) is 12.1 Å². The van der Waals surface area contributed by atoms with E-state index in [1.165, 1.54) is 19.3 Å². The number of halogens is 1. The van der Waals surface area contributed by atoms with Crippen LogP contribution in [0.25, 0.3) is 0 Å².